The second-order valence-electron chi connectivity index (χ2n) is 6.33. The number of esters is 1. The predicted octanol–water partition coefficient (Wildman–Crippen LogP) is 1.26. The summed E-state index contributed by atoms with van der Waals surface area (Å²) in [5, 5.41) is 10.0. The fraction of sp³-hybridized carbons (Fsp3) is 0.389. The molecule has 0 atom stereocenters. The van der Waals surface area contributed by atoms with Crippen LogP contribution in [0.5, 0.6) is 5.75 Å². The number of benzene rings is 1. The lowest BCUT2D eigenvalue weighted by atomic mass is 10.1. The first-order valence-corrected chi connectivity index (χ1v) is 10.5. The minimum absolute atomic E-state index is 0.0390. The van der Waals surface area contributed by atoms with E-state index in [1.54, 1.807) is 31.2 Å². The molecule has 0 amide bonds. The number of hydrogen-bond acceptors (Lipinski definition) is 7. The van der Waals surface area contributed by atoms with E-state index in [1.807, 2.05) is 0 Å². The molecule has 28 heavy (non-hydrogen) atoms. The van der Waals surface area contributed by atoms with Crippen LogP contribution in [0.25, 0.3) is 11.4 Å². The van der Waals surface area contributed by atoms with Crippen LogP contribution in [0.1, 0.15) is 30.3 Å². The summed E-state index contributed by atoms with van der Waals surface area (Å²) in [6, 6.07) is 6.61. The van der Waals surface area contributed by atoms with Crippen LogP contribution in [0.2, 0.25) is 0 Å². The van der Waals surface area contributed by atoms with Crippen molar-refractivity contribution in [2.75, 3.05) is 23.2 Å². The first kappa shape index (κ1) is 19.9. The van der Waals surface area contributed by atoms with Gasteiger partial charge in [-0.15, -0.1) is 0 Å². The molecule has 1 aromatic carbocycles. The van der Waals surface area contributed by atoms with Gasteiger partial charge in [-0.2, -0.15) is 0 Å². The zero-order valence-electron chi connectivity index (χ0n) is 15.6. The van der Waals surface area contributed by atoms with Gasteiger partial charge in [0.2, 0.25) is 15.8 Å². The molecule has 10 heteroatoms. The van der Waals surface area contributed by atoms with Crippen molar-refractivity contribution in [2.45, 2.75) is 19.8 Å². The molecule has 1 aromatic heterocycles. The Kier molecular flexibility index (Phi) is 5.41. The number of nitrogens with zero attached hydrogens (tertiary/aromatic N) is 3. The standard InChI is InChI=1S/C18H21N3O6S/c1-3-27-18(24)14-15(22)17(23)20(2)16(19-14)12-8-4-5-9-13(12)21-10-6-7-11-28(21,25)26/h4-5,8-9,22H,3,6-7,10-11H2,1-2H3. The predicted molar refractivity (Wildman–Crippen MR) is 103 cm³/mol. The Bertz CT molecular complexity index is 1080. The van der Waals surface area contributed by atoms with Crippen LogP contribution in [0.4, 0.5) is 5.69 Å². The normalized spacial score (nSPS) is 16.0. The highest BCUT2D eigenvalue weighted by Gasteiger charge is 2.30. The van der Waals surface area contributed by atoms with Crippen molar-refractivity contribution in [3.63, 3.8) is 0 Å². The quantitative estimate of drug-likeness (QED) is 0.758. The van der Waals surface area contributed by atoms with Crippen LogP contribution < -0.4 is 9.86 Å². The fourth-order valence-electron chi connectivity index (χ4n) is 3.11. The summed E-state index contributed by atoms with van der Waals surface area (Å²) in [7, 11) is -2.11. The second kappa shape index (κ2) is 7.63. The number of aromatic hydroxyl groups is 1. The van der Waals surface area contributed by atoms with Gasteiger partial charge < -0.3 is 9.84 Å². The largest absolute Gasteiger partial charge is 0.501 e. The number of para-hydroxylation sites is 1. The van der Waals surface area contributed by atoms with Crippen molar-refractivity contribution in [3.8, 4) is 17.1 Å². The zero-order valence-corrected chi connectivity index (χ0v) is 16.4. The number of carbonyl (C=O) groups excluding carboxylic acids is 1. The number of sulfonamides is 1. The highest BCUT2D eigenvalue weighted by molar-refractivity contribution is 7.92. The van der Waals surface area contributed by atoms with Crippen molar-refractivity contribution in [3.05, 3.63) is 40.3 Å². The van der Waals surface area contributed by atoms with Gasteiger partial charge in [-0.1, -0.05) is 12.1 Å². The molecule has 0 saturated carbocycles. The van der Waals surface area contributed by atoms with Crippen LogP contribution in [-0.4, -0.2) is 47.9 Å². The van der Waals surface area contributed by atoms with E-state index in [4.69, 9.17) is 4.74 Å². The molecular formula is C18H21N3O6S. The van der Waals surface area contributed by atoms with E-state index < -0.39 is 33.0 Å². The van der Waals surface area contributed by atoms with Gasteiger partial charge in [0.25, 0.3) is 5.56 Å². The molecule has 9 nitrogen and oxygen atoms in total. The Morgan fingerprint density at radius 3 is 2.68 bits per heavy atom. The Labute approximate surface area is 162 Å². The number of hydrogen-bond donors (Lipinski definition) is 1. The third-order valence-corrected chi connectivity index (χ3v) is 6.35. The van der Waals surface area contributed by atoms with Crippen LogP contribution in [0.3, 0.4) is 0 Å². The van der Waals surface area contributed by atoms with Gasteiger partial charge in [0.1, 0.15) is 5.82 Å². The Hall–Kier alpha value is -2.88. The molecule has 1 N–H and O–H groups in total. The van der Waals surface area contributed by atoms with Gasteiger partial charge in [-0.05, 0) is 31.9 Å². The van der Waals surface area contributed by atoms with Gasteiger partial charge in [-0.3, -0.25) is 13.7 Å². The minimum Gasteiger partial charge on any atom is -0.501 e. The third-order valence-electron chi connectivity index (χ3n) is 4.50. The monoisotopic (exact) mass is 407 g/mol. The van der Waals surface area contributed by atoms with Crippen LogP contribution >= 0.6 is 0 Å². The van der Waals surface area contributed by atoms with Crippen LogP contribution in [0.15, 0.2) is 29.1 Å². The van der Waals surface area contributed by atoms with Crippen molar-refractivity contribution >= 4 is 21.7 Å². The Morgan fingerprint density at radius 2 is 2.00 bits per heavy atom. The van der Waals surface area contributed by atoms with E-state index >= 15 is 0 Å². The van der Waals surface area contributed by atoms with E-state index in [0.717, 1.165) is 4.57 Å². The molecule has 0 radical (unpaired) electrons. The van der Waals surface area contributed by atoms with Crippen molar-refractivity contribution in [1.29, 1.82) is 0 Å². The van der Waals surface area contributed by atoms with Gasteiger partial charge in [0, 0.05) is 19.2 Å². The average molecular weight is 407 g/mol. The maximum absolute atomic E-state index is 12.6. The molecular weight excluding hydrogens is 386 g/mol. The summed E-state index contributed by atoms with van der Waals surface area (Å²) in [5.74, 6) is -1.64. The number of aromatic nitrogens is 2. The smallest absolute Gasteiger partial charge is 0.361 e. The maximum atomic E-state index is 12.6. The number of carbonyl (C=O) groups is 1. The Morgan fingerprint density at radius 1 is 1.29 bits per heavy atom. The molecule has 0 spiro atoms. The molecule has 1 saturated heterocycles. The summed E-state index contributed by atoms with van der Waals surface area (Å²) in [5.41, 5.74) is -0.607. The molecule has 2 heterocycles. The van der Waals surface area contributed by atoms with E-state index in [9.17, 15) is 23.1 Å². The summed E-state index contributed by atoms with van der Waals surface area (Å²) in [6.45, 7) is 1.95. The van der Waals surface area contributed by atoms with E-state index in [0.29, 0.717) is 30.6 Å². The first-order chi connectivity index (χ1) is 13.3. The maximum Gasteiger partial charge on any atom is 0.361 e. The molecule has 1 aliphatic heterocycles. The van der Waals surface area contributed by atoms with E-state index in [1.165, 1.54) is 11.4 Å². The zero-order chi connectivity index (χ0) is 20.5. The lowest BCUT2D eigenvalue weighted by molar-refractivity contribution is 0.0515. The fourth-order valence-corrected chi connectivity index (χ4v) is 4.77. The molecule has 2 aromatic rings. The molecule has 0 unspecified atom stereocenters. The van der Waals surface area contributed by atoms with Gasteiger partial charge in [0.15, 0.2) is 5.69 Å². The highest BCUT2D eigenvalue weighted by Crippen LogP contribution is 2.33. The first-order valence-electron chi connectivity index (χ1n) is 8.85. The highest BCUT2D eigenvalue weighted by atomic mass is 32.2. The lowest BCUT2D eigenvalue weighted by Crippen LogP contribution is -2.38. The van der Waals surface area contributed by atoms with Gasteiger partial charge >= 0.3 is 5.97 Å². The molecule has 1 aliphatic rings. The van der Waals surface area contributed by atoms with E-state index in [-0.39, 0.29) is 18.2 Å². The summed E-state index contributed by atoms with van der Waals surface area (Å²) < 4.78 is 32.3. The van der Waals surface area contributed by atoms with Crippen LogP contribution in [-0.2, 0) is 21.8 Å². The molecule has 1 fully saturated rings. The summed E-state index contributed by atoms with van der Waals surface area (Å²) in [4.78, 5) is 28.7. The SMILES string of the molecule is CCOC(=O)c1nc(-c2ccccc2N2CCCCS2(=O)=O)n(C)c(=O)c1O. The number of anilines is 1. The third kappa shape index (κ3) is 3.47. The topological polar surface area (TPSA) is 119 Å². The van der Waals surface area contributed by atoms with Crippen molar-refractivity contribution in [1.82, 2.24) is 9.55 Å². The summed E-state index contributed by atoms with van der Waals surface area (Å²) >= 11 is 0. The number of ether oxygens (including phenoxy) is 1. The number of rotatable bonds is 4. The minimum atomic E-state index is -3.50. The summed E-state index contributed by atoms with van der Waals surface area (Å²) in [6.07, 6.45) is 1.30. The molecule has 0 aliphatic carbocycles. The van der Waals surface area contributed by atoms with E-state index in [2.05, 4.69) is 4.98 Å². The van der Waals surface area contributed by atoms with Gasteiger partial charge in [0.05, 0.1) is 18.0 Å². The Balaban J connectivity index is 2.23. The van der Waals surface area contributed by atoms with Crippen molar-refractivity contribution in [2.24, 2.45) is 7.05 Å². The lowest BCUT2D eigenvalue weighted by Gasteiger charge is -2.30. The second-order valence-corrected chi connectivity index (χ2v) is 8.34. The molecule has 0 bridgehead atoms. The van der Waals surface area contributed by atoms with Crippen molar-refractivity contribution < 1.29 is 23.1 Å². The molecule has 150 valence electrons. The van der Waals surface area contributed by atoms with Crippen LogP contribution in [0, 0.1) is 0 Å². The average Bonchev–Trinajstić information content (AvgIpc) is 2.66. The molecule has 3 rings (SSSR count). The van der Waals surface area contributed by atoms with Gasteiger partial charge in [-0.25, -0.2) is 18.2 Å².